The van der Waals surface area contributed by atoms with Crippen LogP contribution < -0.4 is 10.6 Å². The van der Waals surface area contributed by atoms with Gasteiger partial charge in [-0.1, -0.05) is 25.1 Å². The molecule has 7 heteroatoms. The number of aliphatic imine (C=N–C) groups is 1. The monoisotopic (exact) mass is 392 g/mol. The molecule has 1 aliphatic heterocycles. The second kappa shape index (κ2) is 9.82. The van der Waals surface area contributed by atoms with E-state index >= 15 is 0 Å². The fraction of sp³-hybridized carbons (Fsp3) is 0.364. The van der Waals surface area contributed by atoms with E-state index in [4.69, 9.17) is 5.73 Å². The van der Waals surface area contributed by atoms with Crippen LogP contribution in [0.15, 0.2) is 41.7 Å². The Morgan fingerprint density at radius 1 is 1.10 bits per heavy atom. The fourth-order valence-electron chi connectivity index (χ4n) is 3.33. The molecule has 0 unspecified atom stereocenters. The number of carbonyl (C=O) groups excluding carboxylic acids is 1. The number of hydrogen-bond donors (Lipinski definition) is 1. The first-order chi connectivity index (χ1) is 14.1. The fourth-order valence-corrected chi connectivity index (χ4v) is 3.33. The number of rotatable bonds is 6. The molecule has 0 bridgehead atoms. The molecule has 3 rings (SSSR count). The van der Waals surface area contributed by atoms with E-state index in [1.54, 1.807) is 19.4 Å². The third kappa shape index (κ3) is 5.19. The van der Waals surface area contributed by atoms with Gasteiger partial charge in [0.05, 0.1) is 5.69 Å². The van der Waals surface area contributed by atoms with Gasteiger partial charge in [0.1, 0.15) is 11.5 Å². The second-order valence-corrected chi connectivity index (χ2v) is 6.94. The summed E-state index contributed by atoms with van der Waals surface area (Å²) in [6, 6.07) is 8.38. The molecule has 0 atom stereocenters. The number of anilines is 1. The predicted octanol–water partition coefficient (Wildman–Crippen LogP) is 2.43. The predicted molar refractivity (Wildman–Crippen MR) is 118 cm³/mol. The van der Waals surface area contributed by atoms with Gasteiger partial charge in [0.2, 0.25) is 5.91 Å². The van der Waals surface area contributed by atoms with Crippen LogP contribution >= 0.6 is 0 Å². The summed E-state index contributed by atoms with van der Waals surface area (Å²) in [6.45, 7) is 5.35. The number of carbonyl (C=O) groups is 1. The van der Waals surface area contributed by atoms with Gasteiger partial charge in [-0.15, -0.1) is 0 Å². The highest BCUT2D eigenvalue weighted by atomic mass is 16.2. The molecule has 152 valence electrons. The average Bonchev–Trinajstić information content (AvgIpc) is 2.78. The molecule has 2 aromatic rings. The van der Waals surface area contributed by atoms with Gasteiger partial charge in [-0.2, -0.15) is 0 Å². The Hall–Kier alpha value is -3.22. The zero-order valence-corrected chi connectivity index (χ0v) is 17.1. The van der Waals surface area contributed by atoms with Gasteiger partial charge < -0.3 is 15.5 Å². The van der Waals surface area contributed by atoms with E-state index in [0.717, 1.165) is 38.2 Å². The van der Waals surface area contributed by atoms with Crippen molar-refractivity contribution in [1.82, 2.24) is 14.9 Å². The third-order valence-corrected chi connectivity index (χ3v) is 5.00. The molecule has 1 amide bonds. The summed E-state index contributed by atoms with van der Waals surface area (Å²) in [4.78, 5) is 28.9. The lowest BCUT2D eigenvalue weighted by atomic mass is 10.1. The van der Waals surface area contributed by atoms with Crippen molar-refractivity contribution in [3.8, 4) is 0 Å². The minimum atomic E-state index is 0.268. The number of amidine groups is 1. The van der Waals surface area contributed by atoms with Crippen LogP contribution in [0.5, 0.6) is 0 Å². The molecule has 1 saturated heterocycles. The van der Waals surface area contributed by atoms with Crippen molar-refractivity contribution >= 4 is 29.6 Å². The van der Waals surface area contributed by atoms with Crippen LogP contribution in [0.25, 0.3) is 12.2 Å². The number of nitrogens with zero attached hydrogens (tertiary/aromatic N) is 5. The topological polar surface area (TPSA) is 87.7 Å². The SMILES string of the molecule is CCCC(=O)N1CCN(c2ccc(/C=C/c3nccnc3C(N)=NC)cc2)CC1. The molecule has 29 heavy (non-hydrogen) atoms. The molecular formula is C22H28N6O. The van der Waals surface area contributed by atoms with Gasteiger partial charge in [-0.05, 0) is 30.2 Å². The Kier molecular flexibility index (Phi) is 6.94. The van der Waals surface area contributed by atoms with Gasteiger partial charge >= 0.3 is 0 Å². The highest BCUT2D eigenvalue weighted by molar-refractivity contribution is 5.98. The normalized spacial score (nSPS) is 15.2. The molecule has 0 spiro atoms. The highest BCUT2D eigenvalue weighted by Gasteiger charge is 2.20. The van der Waals surface area contributed by atoms with Crippen molar-refractivity contribution in [2.24, 2.45) is 10.7 Å². The first-order valence-corrected chi connectivity index (χ1v) is 9.97. The Morgan fingerprint density at radius 3 is 2.45 bits per heavy atom. The highest BCUT2D eigenvalue weighted by Crippen LogP contribution is 2.19. The van der Waals surface area contributed by atoms with Gasteiger partial charge in [-0.3, -0.25) is 14.8 Å². The molecule has 1 fully saturated rings. The van der Waals surface area contributed by atoms with Crippen molar-refractivity contribution in [3.63, 3.8) is 0 Å². The van der Waals surface area contributed by atoms with Crippen molar-refractivity contribution in [1.29, 1.82) is 0 Å². The van der Waals surface area contributed by atoms with Gasteiger partial charge in [0.15, 0.2) is 0 Å². The maximum Gasteiger partial charge on any atom is 0.222 e. The van der Waals surface area contributed by atoms with Gasteiger partial charge in [0, 0.05) is 57.7 Å². The van der Waals surface area contributed by atoms with E-state index in [2.05, 4.69) is 44.1 Å². The van der Waals surface area contributed by atoms with Crippen molar-refractivity contribution in [2.75, 3.05) is 38.1 Å². The summed E-state index contributed by atoms with van der Waals surface area (Å²) >= 11 is 0. The van der Waals surface area contributed by atoms with Crippen LogP contribution in [0.4, 0.5) is 5.69 Å². The summed E-state index contributed by atoms with van der Waals surface area (Å²) in [5, 5.41) is 0. The van der Waals surface area contributed by atoms with E-state index in [0.29, 0.717) is 23.6 Å². The van der Waals surface area contributed by atoms with Crippen molar-refractivity contribution < 1.29 is 4.79 Å². The van der Waals surface area contributed by atoms with Crippen LogP contribution in [0.2, 0.25) is 0 Å². The smallest absolute Gasteiger partial charge is 0.222 e. The molecular weight excluding hydrogens is 364 g/mol. The summed E-state index contributed by atoms with van der Waals surface area (Å²) in [5.41, 5.74) is 9.40. The Labute approximate surface area is 172 Å². The van der Waals surface area contributed by atoms with E-state index in [9.17, 15) is 4.79 Å². The summed E-state index contributed by atoms with van der Waals surface area (Å²) in [6.07, 6.45) is 8.68. The molecule has 2 heterocycles. The van der Waals surface area contributed by atoms with Crippen LogP contribution in [0.1, 0.15) is 36.7 Å². The lowest BCUT2D eigenvalue weighted by molar-refractivity contribution is -0.131. The number of nitrogens with two attached hydrogens (primary N) is 1. The molecule has 1 aliphatic rings. The largest absolute Gasteiger partial charge is 0.382 e. The third-order valence-electron chi connectivity index (χ3n) is 5.00. The number of benzene rings is 1. The van der Waals surface area contributed by atoms with Crippen LogP contribution in [-0.4, -0.2) is 59.8 Å². The maximum atomic E-state index is 12.0. The van der Waals surface area contributed by atoms with Crippen LogP contribution in [0.3, 0.4) is 0 Å². The number of hydrogen-bond acceptors (Lipinski definition) is 5. The Balaban J connectivity index is 1.63. The second-order valence-electron chi connectivity index (χ2n) is 6.94. The Bertz CT molecular complexity index is 882. The summed E-state index contributed by atoms with van der Waals surface area (Å²) in [7, 11) is 1.63. The van der Waals surface area contributed by atoms with E-state index in [1.165, 1.54) is 5.69 Å². The molecule has 0 aliphatic carbocycles. The number of piperazine rings is 1. The standard InChI is InChI=1S/C22H28N6O/c1-3-4-20(29)28-15-13-27(14-16-28)18-8-5-17(6-9-18)7-10-19-21(22(23)24-2)26-12-11-25-19/h5-12H,3-4,13-16H2,1-2H3,(H2,23,24)/b10-7+. The van der Waals surface area contributed by atoms with Gasteiger partial charge in [0.25, 0.3) is 0 Å². The molecule has 0 radical (unpaired) electrons. The van der Waals surface area contributed by atoms with E-state index in [1.807, 2.05) is 24.0 Å². The minimum absolute atomic E-state index is 0.268. The molecule has 1 aromatic heterocycles. The van der Waals surface area contributed by atoms with Gasteiger partial charge in [-0.25, -0.2) is 4.98 Å². The van der Waals surface area contributed by atoms with Crippen molar-refractivity contribution in [3.05, 3.63) is 53.6 Å². The molecule has 7 nitrogen and oxygen atoms in total. The maximum absolute atomic E-state index is 12.0. The minimum Gasteiger partial charge on any atom is -0.382 e. The summed E-state index contributed by atoms with van der Waals surface area (Å²) < 4.78 is 0. The van der Waals surface area contributed by atoms with E-state index < -0.39 is 0 Å². The quantitative estimate of drug-likeness (QED) is 0.603. The molecule has 2 N–H and O–H groups in total. The van der Waals surface area contributed by atoms with E-state index in [-0.39, 0.29) is 5.91 Å². The number of aromatic nitrogens is 2. The Morgan fingerprint density at radius 2 is 1.79 bits per heavy atom. The summed E-state index contributed by atoms with van der Waals surface area (Å²) in [5.74, 6) is 0.634. The van der Waals surface area contributed by atoms with Crippen molar-refractivity contribution in [2.45, 2.75) is 19.8 Å². The first kappa shape index (κ1) is 20.5. The lowest BCUT2D eigenvalue weighted by Crippen LogP contribution is -2.48. The number of amides is 1. The van der Waals surface area contributed by atoms with Crippen LogP contribution in [-0.2, 0) is 4.79 Å². The van der Waals surface area contributed by atoms with Crippen LogP contribution in [0, 0.1) is 0 Å². The average molecular weight is 393 g/mol. The lowest BCUT2D eigenvalue weighted by Gasteiger charge is -2.36. The molecule has 0 saturated carbocycles. The first-order valence-electron chi connectivity index (χ1n) is 9.97. The zero-order chi connectivity index (χ0) is 20.6. The zero-order valence-electron chi connectivity index (χ0n) is 17.1. The molecule has 1 aromatic carbocycles.